The number of hydrogen-bond donors (Lipinski definition) is 3. The molecule has 1 aliphatic heterocycles. The van der Waals surface area contributed by atoms with Gasteiger partial charge in [0.25, 0.3) is 0 Å². The molecule has 0 saturated carbocycles. The van der Waals surface area contributed by atoms with Crippen LogP contribution >= 0.6 is 11.8 Å². The molecule has 3 aromatic carbocycles. The Labute approximate surface area is 217 Å². The minimum Gasteiger partial charge on any atom is -0.508 e. The fourth-order valence-corrected chi connectivity index (χ4v) is 5.34. The van der Waals surface area contributed by atoms with Crippen LogP contribution in [0.1, 0.15) is 27.2 Å². The Morgan fingerprint density at radius 2 is 1.86 bits per heavy atom. The number of aliphatic hydroxyl groups excluding tert-OH is 1. The topological polar surface area (TPSA) is 128 Å². The van der Waals surface area contributed by atoms with Crippen molar-refractivity contribution in [3.05, 3.63) is 95.2 Å². The SMILES string of the molecule is N#CC(C(=O)NCc1ccc(CO)c(O)c1)C(=O)c1nn(-c2ccccc2)c2c1CSc1ccccc1-2. The summed E-state index contributed by atoms with van der Waals surface area (Å²) < 4.78 is 1.71. The number of benzene rings is 3. The van der Waals surface area contributed by atoms with E-state index in [0.717, 1.165) is 21.8 Å². The molecule has 1 unspecified atom stereocenters. The number of rotatable bonds is 7. The number of carbonyl (C=O) groups excluding carboxylic acids is 2. The van der Waals surface area contributed by atoms with Crippen LogP contribution in [0, 0.1) is 17.2 Å². The van der Waals surface area contributed by atoms with Gasteiger partial charge in [-0.25, -0.2) is 4.68 Å². The zero-order valence-electron chi connectivity index (χ0n) is 19.6. The summed E-state index contributed by atoms with van der Waals surface area (Å²) in [7, 11) is 0. The van der Waals surface area contributed by atoms with Gasteiger partial charge in [-0.1, -0.05) is 48.5 Å². The Hall–Kier alpha value is -4.39. The average Bonchev–Trinajstić information content (AvgIpc) is 3.33. The van der Waals surface area contributed by atoms with Gasteiger partial charge in [0.05, 0.1) is 24.1 Å². The van der Waals surface area contributed by atoms with Crippen molar-refractivity contribution >= 4 is 23.5 Å². The third kappa shape index (κ3) is 4.60. The lowest BCUT2D eigenvalue weighted by molar-refractivity contribution is -0.122. The first-order valence-electron chi connectivity index (χ1n) is 11.5. The number of aromatic nitrogens is 2. The summed E-state index contributed by atoms with van der Waals surface area (Å²) in [5.41, 5.74) is 4.20. The Morgan fingerprint density at radius 3 is 2.59 bits per heavy atom. The van der Waals surface area contributed by atoms with Crippen LogP contribution in [0.15, 0.2) is 77.7 Å². The van der Waals surface area contributed by atoms with E-state index in [9.17, 15) is 25.1 Å². The number of nitrogens with zero attached hydrogens (tertiary/aromatic N) is 3. The van der Waals surface area contributed by atoms with Gasteiger partial charge in [0, 0.05) is 33.9 Å². The molecule has 0 radical (unpaired) electrons. The van der Waals surface area contributed by atoms with Gasteiger partial charge in [0.15, 0.2) is 5.92 Å². The van der Waals surface area contributed by atoms with Crippen molar-refractivity contribution in [2.24, 2.45) is 5.92 Å². The number of aromatic hydroxyl groups is 1. The second-order valence-electron chi connectivity index (χ2n) is 8.47. The van der Waals surface area contributed by atoms with E-state index in [1.54, 1.807) is 28.6 Å². The fourth-order valence-electron chi connectivity index (χ4n) is 4.27. The van der Waals surface area contributed by atoms with Crippen LogP contribution < -0.4 is 5.32 Å². The fraction of sp³-hybridized carbons (Fsp3) is 0.143. The molecular formula is C28H22N4O4S. The predicted molar refractivity (Wildman–Crippen MR) is 138 cm³/mol. The van der Waals surface area contributed by atoms with Gasteiger partial charge >= 0.3 is 0 Å². The lowest BCUT2D eigenvalue weighted by Crippen LogP contribution is -2.34. The Balaban J connectivity index is 1.47. The third-order valence-electron chi connectivity index (χ3n) is 6.17. The highest BCUT2D eigenvalue weighted by molar-refractivity contribution is 7.98. The van der Waals surface area contributed by atoms with Crippen LogP contribution in [0.25, 0.3) is 16.9 Å². The molecule has 0 aliphatic carbocycles. The van der Waals surface area contributed by atoms with Crippen molar-refractivity contribution in [1.82, 2.24) is 15.1 Å². The van der Waals surface area contributed by atoms with Crippen molar-refractivity contribution < 1.29 is 19.8 Å². The van der Waals surface area contributed by atoms with Crippen LogP contribution in [0.4, 0.5) is 0 Å². The lowest BCUT2D eigenvalue weighted by atomic mass is 9.97. The number of aliphatic hydroxyl groups is 1. The number of fused-ring (bicyclic) bond motifs is 3. The van der Waals surface area contributed by atoms with Crippen molar-refractivity contribution in [3.63, 3.8) is 0 Å². The molecule has 1 amide bonds. The van der Waals surface area contributed by atoms with Crippen molar-refractivity contribution in [2.45, 2.75) is 23.8 Å². The first-order chi connectivity index (χ1) is 18.0. The van der Waals surface area contributed by atoms with E-state index in [1.807, 2.05) is 60.7 Å². The summed E-state index contributed by atoms with van der Waals surface area (Å²) in [6.45, 7) is -0.310. The zero-order valence-corrected chi connectivity index (χ0v) is 20.4. The van der Waals surface area contributed by atoms with E-state index >= 15 is 0 Å². The Morgan fingerprint density at radius 1 is 1.11 bits per heavy atom. The smallest absolute Gasteiger partial charge is 0.245 e. The van der Waals surface area contributed by atoms with Crippen LogP contribution in [-0.4, -0.2) is 31.7 Å². The summed E-state index contributed by atoms with van der Waals surface area (Å²) >= 11 is 1.58. The first kappa shape index (κ1) is 24.3. The van der Waals surface area contributed by atoms with Crippen LogP contribution in [-0.2, 0) is 23.7 Å². The second kappa shape index (κ2) is 10.3. The molecule has 0 fully saturated rings. The van der Waals surface area contributed by atoms with E-state index in [1.165, 1.54) is 6.07 Å². The van der Waals surface area contributed by atoms with Gasteiger partial charge < -0.3 is 15.5 Å². The van der Waals surface area contributed by atoms with Crippen molar-refractivity contribution in [1.29, 1.82) is 5.26 Å². The normalized spacial score (nSPS) is 12.6. The Bertz CT molecular complexity index is 1540. The largest absolute Gasteiger partial charge is 0.508 e. The standard InChI is InChI=1S/C28H22N4O4S/c29-13-21(28(36)30-14-17-10-11-18(15-33)23(34)12-17)27(35)25-22-16-37-24-9-5-4-8-20(24)26(22)32(31-25)19-6-2-1-3-7-19/h1-12,21,33-34H,14-16H2,(H,30,36). The van der Waals surface area contributed by atoms with E-state index in [-0.39, 0.29) is 24.6 Å². The number of thioether (sulfide) groups is 1. The molecule has 0 bridgehead atoms. The molecule has 1 atom stereocenters. The molecule has 184 valence electrons. The summed E-state index contributed by atoms with van der Waals surface area (Å²) in [5, 5.41) is 36.2. The predicted octanol–water partition coefficient (Wildman–Crippen LogP) is 3.98. The molecule has 5 rings (SSSR count). The van der Waals surface area contributed by atoms with Crippen LogP contribution in [0.5, 0.6) is 5.75 Å². The molecule has 0 saturated heterocycles. The van der Waals surface area contributed by atoms with E-state index in [2.05, 4.69) is 10.4 Å². The van der Waals surface area contributed by atoms with Gasteiger partial charge in [0.2, 0.25) is 11.7 Å². The quantitative estimate of drug-likeness (QED) is 0.253. The maximum atomic E-state index is 13.6. The molecule has 2 heterocycles. The average molecular weight is 511 g/mol. The highest BCUT2D eigenvalue weighted by Crippen LogP contribution is 2.44. The molecule has 0 spiro atoms. The molecule has 9 heteroatoms. The van der Waals surface area contributed by atoms with Gasteiger partial charge in [-0.2, -0.15) is 10.4 Å². The molecule has 1 aliphatic rings. The minimum atomic E-state index is -1.59. The summed E-state index contributed by atoms with van der Waals surface area (Å²) in [6, 6.07) is 23.7. The number of nitriles is 1. The lowest BCUT2D eigenvalue weighted by Gasteiger charge is -2.18. The minimum absolute atomic E-state index is 0.00333. The maximum absolute atomic E-state index is 13.6. The van der Waals surface area contributed by atoms with Crippen molar-refractivity contribution in [2.75, 3.05) is 0 Å². The first-order valence-corrected chi connectivity index (χ1v) is 12.5. The molecule has 4 aromatic rings. The van der Waals surface area contributed by atoms with Gasteiger partial charge in [-0.15, -0.1) is 11.8 Å². The number of amides is 1. The molecule has 8 nitrogen and oxygen atoms in total. The van der Waals surface area contributed by atoms with Crippen molar-refractivity contribution in [3.8, 4) is 28.8 Å². The van der Waals surface area contributed by atoms with E-state index < -0.39 is 17.6 Å². The van der Waals surface area contributed by atoms with Crippen LogP contribution in [0.3, 0.4) is 0 Å². The molecular weight excluding hydrogens is 488 g/mol. The summed E-state index contributed by atoms with van der Waals surface area (Å²) in [5.74, 6) is -2.61. The summed E-state index contributed by atoms with van der Waals surface area (Å²) in [4.78, 5) is 27.5. The number of nitrogens with one attached hydrogen (secondary N) is 1. The molecule has 37 heavy (non-hydrogen) atoms. The summed E-state index contributed by atoms with van der Waals surface area (Å²) in [6.07, 6.45) is 0. The van der Waals surface area contributed by atoms with Gasteiger partial charge in [-0.3, -0.25) is 9.59 Å². The number of phenols is 1. The highest BCUT2D eigenvalue weighted by Gasteiger charge is 2.35. The highest BCUT2D eigenvalue weighted by atomic mass is 32.2. The number of para-hydroxylation sites is 1. The molecule has 1 aromatic heterocycles. The van der Waals surface area contributed by atoms with Gasteiger partial charge in [-0.05, 0) is 29.8 Å². The van der Waals surface area contributed by atoms with Gasteiger partial charge in [0.1, 0.15) is 11.4 Å². The monoisotopic (exact) mass is 510 g/mol. The Kier molecular flexibility index (Phi) is 6.77. The number of Topliss-reactive ketones (excluding diaryl/α,β-unsaturated/α-hetero) is 1. The number of hydrogen-bond acceptors (Lipinski definition) is 7. The number of ketones is 1. The number of carbonyl (C=O) groups is 2. The van der Waals surface area contributed by atoms with E-state index in [0.29, 0.717) is 22.4 Å². The zero-order chi connectivity index (χ0) is 25.9. The maximum Gasteiger partial charge on any atom is 0.245 e. The third-order valence-corrected chi connectivity index (χ3v) is 7.27. The van der Waals surface area contributed by atoms with Crippen LogP contribution in [0.2, 0.25) is 0 Å². The van der Waals surface area contributed by atoms with E-state index in [4.69, 9.17) is 0 Å². The second-order valence-corrected chi connectivity index (χ2v) is 9.49. The molecule has 3 N–H and O–H groups in total.